The number of fused-ring (bicyclic) bond motifs is 3. The van der Waals surface area contributed by atoms with Crippen LogP contribution in [0.3, 0.4) is 0 Å². The van der Waals surface area contributed by atoms with Gasteiger partial charge in [0.1, 0.15) is 11.2 Å². The molecule has 2 aromatic heterocycles. The standard InChI is InChI=1S/C22H24F3N5O4/c1-21(2,3)34-20(33)29-9-7-12(8-10-29)15-11-16(31)27-18-17-13(26-19(32)22(23,24)25)5-4-6-14(17)28-30(15)18/h4-6,11-12H,7-10H2,1-3H3,(H,26,32)(H,27,31). The monoisotopic (exact) mass is 479 g/mol. The molecule has 1 saturated heterocycles. The molecule has 3 aromatic rings. The lowest BCUT2D eigenvalue weighted by atomic mass is 9.93. The Balaban J connectivity index is 1.67. The van der Waals surface area contributed by atoms with E-state index in [1.807, 2.05) is 5.32 Å². The van der Waals surface area contributed by atoms with Crippen LogP contribution in [0.2, 0.25) is 0 Å². The van der Waals surface area contributed by atoms with Crippen LogP contribution in [0.15, 0.2) is 29.1 Å². The van der Waals surface area contributed by atoms with Crippen molar-refractivity contribution < 1.29 is 27.5 Å². The molecule has 182 valence electrons. The van der Waals surface area contributed by atoms with E-state index in [9.17, 15) is 27.6 Å². The molecule has 9 nitrogen and oxygen atoms in total. The molecule has 2 amide bonds. The summed E-state index contributed by atoms with van der Waals surface area (Å²) in [5, 5.41) is 6.53. The number of nitrogens with zero attached hydrogens (tertiary/aromatic N) is 3. The van der Waals surface area contributed by atoms with Gasteiger partial charge in [0.15, 0.2) is 0 Å². The Hall–Kier alpha value is -3.57. The van der Waals surface area contributed by atoms with Crippen LogP contribution in [0.4, 0.5) is 23.7 Å². The first-order chi connectivity index (χ1) is 15.8. The second kappa shape index (κ2) is 8.33. The number of aromatic nitrogens is 3. The summed E-state index contributed by atoms with van der Waals surface area (Å²) in [5.74, 6) is -2.24. The number of benzene rings is 1. The molecular formula is C22H24F3N5O4. The number of anilines is 1. The zero-order valence-electron chi connectivity index (χ0n) is 18.8. The first-order valence-corrected chi connectivity index (χ1v) is 10.7. The fourth-order valence-electron chi connectivity index (χ4n) is 4.06. The van der Waals surface area contributed by atoms with Gasteiger partial charge in [-0.25, -0.2) is 9.31 Å². The number of rotatable bonds is 2. The number of piperidine rings is 1. The molecule has 0 atom stereocenters. The average Bonchev–Trinajstić information content (AvgIpc) is 3.10. The molecule has 1 fully saturated rings. The van der Waals surface area contributed by atoms with Crippen molar-refractivity contribution in [2.75, 3.05) is 18.4 Å². The molecule has 4 rings (SSSR count). The van der Waals surface area contributed by atoms with E-state index in [1.165, 1.54) is 22.7 Å². The minimum Gasteiger partial charge on any atom is -0.444 e. The SMILES string of the molecule is CC(C)(C)OC(=O)N1CCC(c2cc(=O)[nH]c3c4c(NC(=O)C(F)(F)F)cccc4nn23)CC1. The van der Waals surface area contributed by atoms with Crippen LogP contribution in [-0.2, 0) is 9.53 Å². The molecule has 12 heteroatoms. The smallest absolute Gasteiger partial charge is 0.444 e. The maximum Gasteiger partial charge on any atom is 0.471 e. The second-order valence-corrected chi connectivity index (χ2v) is 9.21. The summed E-state index contributed by atoms with van der Waals surface area (Å²) in [7, 11) is 0. The quantitative estimate of drug-likeness (QED) is 0.581. The minimum atomic E-state index is -5.06. The number of likely N-dealkylation sites (tertiary alicyclic amines) is 1. The van der Waals surface area contributed by atoms with Crippen molar-refractivity contribution in [3.8, 4) is 0 Å². The number of hydrogen-bond acceptors (Lipinski definition) is 5. The lowest BCUT2D eigenvalue weighted by Gasteiger charge is -2.33. The van der Waals surface area contributed by atoms with Crippen LogP contribution in [-0.4, -0.2) is 56.4 Å². The number of ether oxygens (including phenoxy) is 1. The Labute approximate surface area is 191 Å². The van der Waals surface area contributed by atoms with E-state index in [0.29, 0.717) is 37.1 Å². The summed E-state index contributed by atoms with van der Waals surface area (Å²) in [6.45, 7) is 6.21. The first-order valence-electron chi connectivity index (χ1n) is 10.7. The largest absolute Gasteiger partial charge is 0.471 e. The van der Waals surface area contributed by atoms with Crippen molar-refractivity contribution in [1.82, 2.24) is 19.5 Å². The predicted molar refractivity (Wildman–Crippen MR) is 118 cm³/mol. The fourth-order valence-corrected chi connectivity index (χ4v) is 4.06. The molecule has 1 aliphatic heterocycles. The molecule has 0 aliphatic carbocycles. The Bertz CT molecular complexity index is 1310. The van der Waals surface area contributed by atoms with E-state index in [-0.39, 0.29) is 22.6 Å². The highest BCUT2D eigenvalue weighted by Crippen LogP contribution is 2.32. The summed E-state index contributed by atoms with van der Waals surface area (Å²) in [4.78, 5) is 40.6. The van der Waals surface area contributed by atoms with Gasteiger partial charge in [0.05, 0.1) is 22.3 Å². The first kappa shape index (κ1) is 23.6. The Morgan fingerprint density at radius 1 is 1.18 bits per heavy atom. The summed E-state index contributed by atoms with van der Waals surface area (Å²) in [6, 6.07) is 5.77. The highest BCUT2D eigenvalue weighted by atomic mass is 19.4. The van der Waals surface area contributed by atoms with E-state index in [4.69, 9.17) is 4.74 Å². The third kappa shape index (κ3) is 4.70. The number of nitrogens with one attached hydrogen (secondary N) is 2. The summed E-state index contributed by atoms with van der Waals surface area (Å²) >= 11 is 0. The zero-order chi connectivity index (χ0) is 24.8. The van der Waals surface area contributed by atoms with Crippen molar-refractivity contribution in [2.24, 2.45) is 0 Å². The van der Waals surface area contributed by atoms with Gasteiger partial charge in [0.25, 0.3) is 5.56 Å². The maximum absolute atomic E-state index is 12.8. The van der Waals surface area contributed by atoms with E-state index in [0.717, 1.165) is 0 Å². The van der Waals surface area contributed by atoms with E-state index < -0.39 is 29.3 Å². The normalized spacial score (nSPS) is 15.6. The number of amides is 2. The third-order valence-corrected chi connectivity index (χ3v) is 5.53. The van der Waals surface area contributed by atoms with Crippen LogP contribution >= 0.6 is 0 Å². The number of hydrogen-bond donors (Lipinski definition) is 2. The van der Waals surface area contributed by atoms with Crippen molar-refractivity contribution in [3.63, 3.8) is 0 Å². The number of carbonyl (C=O) groups is 2. The zero-order valence-corrected chi connectivity index (χ0v) is 18.8. The Kier molecular flexibility index (Phi) is 5.78. The second-order valence-electron chi connectivity index (χ2n) is 9.21. The number of halogens is 3. The summed E-state index contributed by atoms with van der Waals surface area (Å²) in [5.41, 5.74) is -0.0918. The lowest BCUT2D eigenvalue weighted by molar-refractivity contribution is -0.167. The fraction of sp³-hybridized carbons (Fsp3) is 0.455. The third-order valence-electron chi connectivity index (χ3n) is 5.53. The highest BCUT2D eigenvalue weighted by molar-refractivity contribution is 6.08. The molecule has 0 radical (unpaired) electrons. The van der Waals surface area contributed by atoms with E-state index in [1.54, 1.807) is 31.7 Å². The lowest BCUT2D eigenvalue weighted by Crippen LogP contribution is -2.41. The maximum atomic E-state index is 12.8. The molecule has 1 aromatic carbocycles. The van der Waals surface area contributed by atoms with Crippen molar-refractivity contribution >= 4 is 34.2 Å². The number of H-pyrrole nitrogens is 1. The molecule has 1 aliphatic rings. The van der Waals surface area contributed by atoms with Crippen LogP contribution in [0.1, 0.15) is 45.2 Å². The molecule has 0 saturated carbocycles. The van der Waals surface area contributed by atoms with Crippen LogP contribution in [0, 0.1) is 0 Å². The molecular weight excluding hydrogens is 455 g/mol. The number of alkyl halides is 3. The molecule has 34 heavy (non-hydrogen) atoms. The molecule has 0 unspecified atom stereocenters. The summed E-state index contributed by atoms with van der Waals surface area (Å²) in [6.07, 6.45) is -4.37. The highest BCUT2D eigenvalue weighted by Gasteiger charge is 2.39. The van der Waals surface area contributed by atoms with Crippen molar-refractivity contribution in [3.05, 3.63) is 40.3 Å². The van der Waals surface area contributed by atoms with Gasteiger partial charge in [-0.05, 0) is 45.7 Å². The van der Waals surface area contributed by atoms with Gasteiger partial charge in [0.2, 0.25) is 0 Å². The Morgan fingerprint density at radius 3 is 2.47 bits per heavy atom. The number of aromatic amines is 1. The van der Waals surface area contributed by atoms with Gasteiger partial charge in [-0.15, -0.1) is 0 Å². The van der Waals surface area contributed by atoms with Gasteiger partial charge in [0, 0.05) is 25.1 Å². The van der Waals surface area contributed by atoms with Crippen molar-refractivity contribution in [2.45, 2.75) is 51.3 Å². The van der Waals surface area contributed by atoms with Crippen LogP contribution in [0.5, 0.6) is 0 Å². The molecule has 0 bridgehead atoms. The molecule has 0 spiro atoms. The van der Waals surface area contributed by atoms with Gasteiger partial charge in [-0.3, -0.25) is 9.59 Å². The van der Waals surface area contributed by atoms with Gasteiger partial charge < -0.3 is 19.9 Å². The van der Waals surface area contributed by atoms with Crippen LogP contribution in [0.25, 0.3) is 16.6 Å². The van der Waals surface area contributed by atoms with Gasteiger partial charge in [-0.1, -0.05) is 6.07 Å². The average molecular weight is 479 g/mol. The minimum absolute atomic E-state index is 0.109. The molecule has 3 heterocycles. The van der Waals surface area contributed by atoms with E-state index >= 15 is 0 Å². The van der Waals surface area contributed by atoms with Crippen molar-refractivity contribution in [1.29, 1.82) is 0 Å². The summed E-state index contributed by atoms with van der Waals surface area (Å²) < 4.78 is 45.3. The molecule has 2 N–H and O–H groups in total. The van der Waals surface area contributed by atoms with Crippen LogP contribution < -0.4 is 10.9 Å². The predicted octanol–water partition coefficient (Wildman–Crippen LogP) is 3.79. The number of carbonyl (C=O) groups excluding carboxylic acids is 2. The Morgan fingerprint density at radius 2 is 1.85 bits per heavy atom. The van der Waals surface area contributed by atoms with Gasteiger partial charge in [-0.2, -0.15) is 18.3 Å². The topological polar surface area (TPSA) is 109 Å². The van der Waals surface area contributed by atoms with Gasteiger partial charge >= 0.3 is 18.2 Å². The van der Waals surface area contributed by atoms with E-state index in [2.05, 4.69) is 10.1 Å².